The van der Waals surface area contributed by atoms with Gasteiger partial charge in [-0.3, -0.25) is 14.6 Å². The SMILES string of the molecule is CN=C(/C=C\N)/C=C(\C#N)C(=O)NCC1CCCN(C(=O)c2cc(Cl)ccc2OC)C1. The van der Waals surface area contributed by atoms with Crippen molar-refractivity contribution in [1.29, 1.82) is 5.26 Å². The molecule has 1 unspecified atom stereocenters. The Balaban J connectivity index is 2.03. The Kier molecular flexibility index (Phi) is 9.10. The molecular weight excluding hydrogens is 418 g/mol. The summed E-state index contributed by atoms with van der Waals surface area (Å²) in [5.41, 5.74) is 6.10. The molecule has 1 fully saturated rings. The third-order valence-corrected chi connectivity index (χ3v) is 5.17. The number of nitrogens with zero attached hydrogens (tertiary/aromatic N) is 3. The summed E-state index contributed by atoms with van der Waals surface area (Å²) in [7, 11) is 3.05. The van der Waals surface area contributed by atoms with Crippen LogP contribution in [0.3, 0.4) is 0 Å². The number of carbonyl (C=O) groups excluding carboxylic acids is 2. The number of ether oxygens (including phenoxy) is 1. The smallest absolute Gasteiger partial charge is 0.262 e. The van der Waals surface area contributed by atoms with Crippen molar-refractivity contribution in [3.8, 4) is 11.8 Å². The van der Waals surface area contributed by atoms with Crippen molar-refractivity contribution in [1.82, 2.24) is 10.2 Å². The number of hydrogen-bond acceptors (Lipinski definition) is 6. The molecule has 2 rings (SSSR count). The Morgan fingerprint density at radius 1 is 1.48 bits per heavy atom. The van der Waals surface area contributed by atoms with E-state index in [1.165, 1.54) is 25.5 Å². The van der Waals surface area contributed by atoms with E-state index in [0.29, 0.717) is 41.7 Å². The van der Waals surface area contributed by atoms with E-state index in [1.54, 1.807) is 30.1 Å². The molecular formula is C22H26ClN5O3. The summed E-state index contributed by atoms with van der Waals surface area (Å²) < 4.78 is 5.29. The second-order valence-corrected chi connectivity index (χ2v) is 7.43. The second kappa shape index (κ2) is 11.8. The van der Waals surface area contributed by atoms with Crippen LogP contribution in [0.15, 0.2) is 47.1 Å². The molecule has 0 saturated carbocycles. The van der Waals surface area contributed by atoms with E-state index >= 15 is 0 Å². The van der Waals surface area contributed by atoms with Crippen LogP contribution in [-0.2, 0) is 4.79 Å². The maximum absolute atomic E-state index is 13.0. The second-order valence-electron chi connectivity index (χ2n) is 6.99. The topological polar surface area (TPSA) is 121 Å². The first-order valence-electron chi connectivity index (χ1n) is 9.81. The van der Waals surface area contributed by atoms with E-state index in [1.807, 2.05) is 6.07 Å². The van der Waals surface area contributed by atoms with Crippen LogP contribution >= 0.6 is 11.6 Å². The lowest BCUT2D eigenvalue weighted by Crippen LogP contribution is -2.44. The van der Waals surface area contributed by atoms with Crippen LogP contribution in [0.1, 0.15) is 23.2 Å². The highest BCUT2D eigenvalue weighted by Crippen LogP contribution is 2.26. The number of nitrogens with one attached hydrogen (secondary N) is 1. The van der Waals surface area contributed by atoms with Crippen LogP contribution in [0, 0.1) is 17.2 Å². The number of hydrogen-bond donors (Lipinski definition) is 2. The van der Waals surface area contributed by atoms with Crippen molar-refractivity contribution < 1.29 is 14.3 Å². The molecule has 8 nitrogen and oxygen atoms in total. The Labute approximate surface area is 187 Å². The first kappa shape index (κ1) is 24.0. The number of amides is 2. The number of aliphatic imine (C=N–C) groups is 1. The van der Waals surface area contributed by atoms with Crippen molar-refractivity contribution in [3.63, 3.8) is 0 Å². The van der Waals surface area contributed by atoms with E-state index in [0.717, 1.165) is 12.8 Å². The molecule has 0 bridgehead atoms. The van der Waals surface area contributed by atoms with Crippen LogP contribution < -0.4 is 15.8 Å². The number of rotatable bonds is 7. The highest BCUT2D eigenvalue weighted by molar-refractivity contribution is 6.31. The average Bonchev–Trinajstić information content (AvgIpc) is 2.79. The lowest BCUT2D eigenvalue weighted by atomic mass is 9.97. The number of methoxy groups -OCH3 is 1. The van der Waals surface area contributed by atoms with Crippen molar-refractivity contribution >= 4 is 29.1 Å². The van der Waals surface area contributed by atoms with Crippen molar-refractivity contribution in [3.05, 3.63) is 52.7 Å². The quantitative estimate of drug-likeness (QED) is 0.380. The zero-order valence-electron chi connectivity index (χ0n) is 17.6. The van der Waals surface area contributed by atoms with Gasteiger partial charge in [-0.1, -0.05) is 11.6 Å². The monoisotopic (exact) mass is 443 g/mol. The van der Waals surface area contributed by atoms with Crippen molar-refractivity contribution in [2.24, 2.45) is 16.6 Å². The van der Waals surface area contributed by atoms with Crippen molar-refractivity contribution in [2.75, 3.05) is 33.8 Å². The zero-order valence-corrected chi connectivity index (χ0v) is 18.4. The van der Waals surface area contributed by atoms with Gasteiger partial charge in [0.1, 0.15) is 17.4 Å². The summed E-state index contributed by atoms with van der Waals surface area (Å²) in [5.74, 6) is -0.122. The van der Waals surface area contributed by atoms with Gasteiger partial charge in [-0.25, -0.2) is 0 Å². The molecule has 1 heterocycles. The Morgan fingerprint density at radius 3 is 2.90 bits per heavy atom. The first-order chi connectivity index (χ1) is 14.9. The Hall–Kier alpha value is -3.31. The van der Waals surface area contributed by atoms with E-state index in [-0.39, 0.29) is 17.4 Å². The number of carbonyl (C=O) groups is 2. The van der Waals surface area contributed by atoms with Crippen LogP contribution in [0.2, 0.25) is 5.02 Å². The summed E-state index contributed by atoms with van der Waals surface area (Å²) in [5, 5.41) is 12.5. The molecule has 9 heteroatoms. The highest BCUT2D eigenvalue weighted by atomic mass is 35.5. The van der Waals surface area contributed by atoms with Gasteiger partial charge in [0.25, 0.3) is 11.8 Å². The fraction of sp³-hybridized carbons (Fsp3) is 0.364. The van der Waals surface area contributed by atoms with E-state index in [2.05, 4.69) is 10.3 Å². The van der Waals surface area contributed by atoms with Gasteiger partial charge in [0.2, 0.25) is 0 Å². The van der Waals surface area contributed by atoms with Gasteiger partial charge in [-0.05, 0) is 55.3 Å². The normalized spacial score (nSPS) is 17.4. The van der Waals surface area contributed by atoms with Gasteiger partial charge >= 0.3 is 0 Å². The predicted octanol–water partition coefficient (Wildman–Crippen LogP) is 2.31. The first-order valence-corrected chi connectivity index (χ1v) is 10.2. The molecule has 0 spiro atoms. The Morgan fingerprint density at radius 2 is 2.26 bits per heavy atom. The summed E-state index contributed by atoms with van der Waals surface area (Å²) in [4.78, 5) is 31.1. The molecule has 1 saturated heterocycles. The fourth-order valence-electron chi connectivity index (χ4n) is 3.35. The lowest BCUT2D eigenvalue weighted by molar-refractivity contribution is -0.117. The highest BCUT2D eigenvalue weighted by Gasteiger charge is 2.27. The molecule has 3 N–H and O–H groups in total. The largest absolute Gasteiger partial charge is 0.496 e. The number of nitrogens with two attached hydrogens (primary N) is 1. The number of piperidine rings is 1. The number of likely N-dealkylation sites (tertiary alicyclic amines) is 1. The molecule has 1 aromatic rings. The van der Waals surface area contributed by atoms with Crippen molar-refractivity contribution in [2.45, 2.75) is 12.8 Å². The standard InChI is InChI=1S/C22H26ClN5O3/c1-26-18(7-8-24)10-16(12-25)21(29)27-13-15-4-3-9-28(14-15)22(30)19-11-17(23)5-6-20(19)31-2/h5-8,10-11,15H,3-4,9,13-14,24H2,1-2H3,(H,27,29)/b8-7-,16-10+,26-18?. The van der Waals surface area contributed by atoms with Gasteiger partial charge in [0.05, 0.1) is 18.4 Å². The fourth-order valence-corrected chi connectivity index (χ4v) is 3.52. The minimum atomic E-state index is -0.492. The minimum absolute atomic E-state index is 0.0638. The molecule has 31 heavy (non-hydrogen) atoms. The molecule has 1 aliphatic rings. The third kappa shape index (κ3) is 6.59. The predicted molar refractivity (Wildman–Crippen MR) is 120 cm³/mol. The third-order valence-electron chi connectivity index (χ3n) is 4.93. The van der Waals surface area contributed by atoms with Crippen LogP contribution in [-0.4, -0.2) is 56.2 Å². The summed E-state index contributed by atoms with van der Waals surface area (Å²) in [6.45, 7) is 1.45. The maximum Gasteiger partial charge on any atom is 0.262 e. The average molecular weight is 444 g/mol. The minimum Gasteiger partial charge on any atom is -0.496 e. The number of nitriles is 1. The molecule has 164 valence electrons. The molecule has 1 aliphatic heterocycles. The van der Waals surface area contributed by atoms with Crippen LogP contribution in [0.25, 0.3) is 0 Å². The summed E-state index contributed by atoms with van der Waals surface area (Å²) in [6.07, 6.45) is 5.83. The lowest BCUT2D eigenvalue weighted by Gasteiger charge is -2.33. The number of halogens is 1. The summed E-state index contributed by atoms with van der Waals surface area (Å²) >= 11 is 6.05. The molecule has 0 aliphatic carbocycles. The molecule has 1 atom stereocenters. The van der Waals surface area contributed by atoms with E-state index in [9.17, 15) is 14.9 Å². The van der Waals surface area contributed by atoms with E-state index < -0.39 is 5.91 Å². The molecule has 1 aromatic carbocycles. The van der Waals surface area contributed by atoms with Gasteiger partial charge in [-0.15, -0.1) is 0 Å². The molecule has 0 aromatic heterocycles. The summed E-state index contributed by atoms with van der Waals surface area (Å²) in [6, 6.07) is 6.82. The maximum atomic E-state index is 13.0. The number of allylic oxidation sites excluding steroid dienone is 2. The van der Waals surface area contributed by atoms with Gasteiger partial charge in [-0.2, -0.15) is 5.26 Å². The molecule has 2 amide bonds. The van der Waals surface area contributed by atoms with Gasteiger partial charge in [0, 0.05) is 31.7 Å². The zero-order chi connectivity index (χ0) is 22.8. The number of benzene rings is 1. The van der Waals surface area contributed by atoms with Gasteiger partial charge in [0.15, 0.2) is 0 Å². The Bertz CT molecular complexity index is 949. The van der Waals surface area contributed by atoms with Crippen LogP contribution in [0.5, 0.6) is 5.75 Å². The molecule has 0 radical (unpaired) electrons. The van der Waals surface area contributed by atoms with E-state index in [4.69, 9.17) is 22.1 Å². The van der Waals surface area contributed by atoms with Crippen LogP contribution in [0.4, 0.5) is 0 Å². The van der Waals surface area contributed by atoms with Gasteiger partial charge < -0.3 is 20.7 Å².